The van der Waals surface area contributed by atoms with Crippen molar-refractivity contribution in [2.24, 2.45) is 0 Å². The number of phenolic OH excluding ortho intramolecular Hbond substituents is 1. The Morgan fingerprint density at radius 3 is 2.60 bits per heavy atom. The minimum absolute atomic E-state index is 0.138. The number of halogens is 1. The van der Waals surface area contributed by atoms with Gasteiger partial charge in [-0.2, -0.15) is 0 Å². The number of hydrogen-bond acceptors (Lipinski definition) is 3. The Balaban J connectivity index is 2.04. The smallest absolute Gasteiger partial charge is 0.187 e. The van der Waals surface area contributed by atoms with E-state index >= 15 is 0 Å². The summed E-state index contributed by atoms with van der Waals surface area (Å²) >= 11 is 5.76. The molecule has 0 unspecified atom stereocenters. The molecule has 0 spiro atoms. The summed E-state index contributed by atoms with van der Waals surface area (Å²) in [6, 6.07) is 11.9. The third kappa shape index (κ3) is 3.62. The minimum Gasteiger partial charge on any atom is -0.506 e. The number of nitrogens with one attached hydrogen (secondary N) is 1. The van der Waals surface area contributed by atoms with E-state index in [1.54, 1.807) is 36.4 Å². The van der Waals surface area contributed by atoms with Crippen molar-refractivity contribution in [2.75, 3.05) is 5.32 Å². The van der Waals surface area contributed by atoms with E-state index in [2.05, 4.69) is 5.32 Å². The lowest BCUT2D eigenvalue weighted by Gasteiger charge is -2.04. The predicted molar refractivity (Wildman–Crippen MR) is 81.4 cm³/mol. The maximum atomic E-state index is 11.9. The number of anilines is 1. The van der Waals surface area contributed by atoms with E-state index in [9.17, 15) is 9.90 Å². The van der Waals surface area contributed by atoms with Gasteiger partial charge in [0.1, 0.15) is 5.75 Å². The van der Waals surface area contributed by atoms with Gasteiger partial charge >= 0.3 is 0 Å². The number of aryl methyl sites for hydroxylation is 1. The van der Waals surface area contributed by atoms with E-state index in [1.165, 1.54) is 12.3 Å². The summed E-state index contributed by atoms with van der Waals surface area (Å²) in [5.41, 5.74) is 2.13. The number of allylic oxidation sites excluding steroid dienone is 1. The van der Waals surface area contributed by atoms with Crippen molar-refractivity contribution in [3.63, 3.8) is 0 Å². The first-order chi connectivity index (χ1) is 9.56. The van der Waals surface area contributed by atoms with Gasteiger partial charge in [0.2, 0.25) is 0 Å². The highest BCUT2D eigenvalue weighted by Gasteiger charge is 2.02. The van der Waals surface area contributed by atoms with Crippen molar-refractivity contribution in [3.05, 3.63) is 70.9 Å². The summed E-state index contributed by atoms with van der Waals surface area (Å²) in [4.78, 5) is 11.9. The Hall–Kier alpha value is -2.26. The van der Waals surface area contributed by atoms with Crippen LogP contribution in [-0.4, -0.2) is 10.9 Å². The van der Waals surface area contributed by atoms with Crippen LogP contribution in [0.4, 0.5) is 5.69 Å². The van der Waals surface area contributed by atoms with Crippen molar-refractivity contribution in [3.8, 4) is 5.75 Å². The summed E-state index contributed by atoms with van der Waals surface area (Å²) in [6.45, 7) is 1.92. The van der Waals surface area contributed by atoms with Crippen LogP contribution in [0.5, 0.6) is 5.75 Å². The lowest BCUT2D eigenvalue weighted by molar-refractivity contribution is 0.104. The molecule has 0 saturated carbocycles. The molecule has 102 valence electrons. The number of hydrogen-bond donors (Lipinski definition) is 2. The third-order valence-electron chi connectivity index (χ3n) is 2.75. The summed E-state index contributed by atoms with van der Waals surface area (Å²) in [6.07, 6.45) is 2.91. The number of carbonyl (C=O) groups excluding carboxylic acids is 1. The molecule has 20 heavy (non-hydrogen) atoms. The van der Waals surface area contributed by atoms with E-state index in [-0.39, 0.29) is 11.5 Å². The first-order valence-corrected chi connectivity index (χ1v) is 6.46. The topological polar surface area (TPSA) is 49.3 Å². The van der Waals surface area contributed by atoms with Crippen LogP contribution in [0.3, 0.4) is 0 Å². The highest BCUT2D eigenvalue weighted by molar-refractivity contribution is 6.30. The molecule has 4 heteroatoms. The maximum Gasteiger partial charge on any atom is 0.187 e. The number of aromatic hydroxyl groups is 1. The Bertz CT molecular complexity index is 648. The summed E-state index contributed by atoms with van der Waals surface area (Å²) in [7, 11) is 0. The number of carbonyl (C=O) groups is 1. The van der Waals surface area contributed by atoms with Crippen LogP contribution in [-0.2, 0) is 0 Å². The fourth-order valence-electron chi connectivity index (χ4n) is 1.68. The predicted octanol–water partition coefficient (Wildman–Crippen LogP) is 4.16. The van der Waals surface area contributed by atoms with Gasteiger partial charge < -0.3 is 10.4 Å². The standard InChI is InChI=1S/C16H14ClNO2/c1-11-2-7-16(20)14(10-11)18-9-8-15(19)12-3-5-13(17)6-4-12/h2-10,18,20H,1H3. The van der Waals surface area contributed by atoms with Gasteiger partial charge in [0.25, 0.3) is 0 Å². The van der Waals surface area contributed by atoms with Gasteiger partial charge in [-0.1, -0.05) is 17.7 Å². The molecule has 0 heterocycles. The molecule has 2 aromatic carbocycles. The molecular formula is C16H14ClNO2. The second kappa shape index (κ2) is 6.26. The highest BCUT2D eigenvalue weighted by atomic mass is 35.5. The van der Waals surface area contributed by atoms with Crippen molar-refractivity contribution in [1.29, 1.82) is 0 Å². The fraction of sp³-hybridized carbons (Fsp3) is 0.0625. The van der Waals surface area contributed by atoms with Gasteiger partial charge in [-0.15, -0.1) is 0 Å². The minimum atomic E-state index is -0.138. The normalized spacial score (nSPS) is 10.7. The van der Waals surface area contributed by atoms with Crippen LogP contribution < -0.4 is 5.32 Å². The molecule has 0 fully saturated rings. The summed E-state index contributed by atoms with van der Waals surface area (Å²) in [5, 5.41) is 13.1. The Morgan fingerprint density at radius 1 is 1.20 bits per heavy atom. The second-order valence-corrected chi connectivity index (χ2v) is 4.81. The van der Waals surface area contributed by atoms with Gasteiger partial charge in [-0.25, -0.2) is 0 Å². The Morgan fingerprint density at radius 2 is 1.90 bits per heavy atom. The number of ketones is 1. The molecule has 3 nitrogen and oxygen atoms in total. The third-order valence-corrected chi connectivity index (χ3v) is 3.01. The van der Waals surface area contributed by atoms with Gasteiger partial charge in [0, 0.05) is 22.9 Å². The van der Waals surface area contributed by atoms with Crippen LogP contribution in [0.15, 0.2) is 54.7 Å². The fourth-order valence-corrected chi connectivity index (χ4v) is 1.81. The van der Waals surface area contributed by atoms with Gasteiger partial charge in [-0.3, -0.25) is 4.79 Å². The molecule has 0 aliphatic heterocycles. The van der Waals surface area contributed by atoms with E-state index < -0.39 is 0 Å². The van der Waals surface area contributed by atoms with Crippen molar-refractivity contribution < 1.29 is 9.90 Å². The molecule has 0 radical (unpaired) electrons. The monoisotopic (exact) mass is 287 g/mol. The highest BCUT2D eigenvalue weighted by Crippen LogP contribution is 2.23. The molecule has 2 N–H and O–H groups in total. The maximum absolute atomic E-state index is 11.9. The van der Waals surface area contributed by atoms with Gasteiger partial charge in [0.15, 0.2) is 5.78 Å². The van der Waals surface area contributed by atoms with Crippen LogP contribution in [0.1, 0.15) is 15.9 Å². The average molecular weight is 288 g/mol. The average Bonchev–Trinajstić information content (AvgIpc) is 2.43. The first kappa shape index (κ1) is 14.2. The van der Waals surface area contributed by atoms with Crippen LogP contribution in [0.2, 0.25) is 5.02 Å². The largest absolute Gasteiger partial charge is 0.506 e. The number of benzene rings is 2. The number of rotatable bonds is 4. The SMILES string of the molecule is Cc1ccc(O)c(NC=CC(=O)c2ccc(Cl)cc2)c1. The van der Waals surface area contributed by atoms with E-state index in [0.29, 0.717) is 16.3 Å². The molecule has 0 amide bonds. The summed E-state index contributed by atoms with van der Waals surface area (Å²) in [5.74, 6) is 0.000464. The molecule has 0 aliphatic carbocycles. The molecular weight excluding hydrogens is 274 g/mol. The molecule has 2 aromatic rings. The molecule has 0 bridgehead atoms. The van der Waals surface area contributed by atoms with Crippen LogP contribution in [0, 0.1) is 6.92 Å². The molecule has 0 atom stereocenters. The summed E-state index contributed by atoms with van der Waals surface area (Å²) < 4.78 is 0. The van der Waals surface area contributed by atoms with E-state index in [1.807, 2.05) is 13.0 Å². The van der Waals surface area contributed by atoms with Crippen LogP contribution in [0.25, 0.3) is 0 Å². The van der Waals surface area contributed by atoms with E-state index in [0.717, 1.165) is 5.56 Å². The quantitative estimate of drug-likeness (QED) is 0.504. The molecule has 0 aliphatic rings. The van der Waals surface area contributed by atoms with Crippen molar-refractivity contribution in [2.45, 2.75) is 6.92 Å². The van der Waals surface area contributed by atoms with Gasteiger partial charge in [-0.05, 0) is 48.9 Å². The molecule has 0 saturated heterocycles. The first-order valence-electron chi connectivity index (χ1n) is 6.09. The zero-order valence-electron chi connectivity index (χ0n) is 10.9. The van der Waals surface area contributed by atoms with Gasteiger partial charge in [0.05, 0.1) is 5.69 Å². The number of phenols is 1. The van der Waals surface area contributed by atoms with Crippen molar-refractivity contribution >= 4 is 23.1 Å². The molecule has 0 aromatic heterocycles. The zero-order chi connectivity index (χ0) is 14.5. The lowest BCUT2D eigenvalue weighted by Crippen LogP contribution is -1.96. The second-order valence-electron chi connectivity index (χ2n) is 4.37. The molecule has 2 rings (SSSR count). The Kier molecular flexibility index (Phi) is 4.43. The Labute approximate surface area is 122 Å². The van der Waals surface area contributed by atoms with Crippen molar-refractivity contribution in [1.82, 2.24) is 0 Å². The zero-order valence-corrected chi connectivity index (χ0v) is 11.7. The lowest BCUT2D eigenvalue weighted by atomic mass is 10.1. The van der Waals surface area contributed by atoms with Crippen LogP contribution >= 0.6 is 11.6 Å². The van der Waals surface area contributed by atoms with E-state index in [4.69, 9.17) is 11.6 Å².